The Morgan fingerprint density at radius 3 is 1.89 bits per heavy atom. The van der Waals surface area contributed by atoms with Crippen LogP contribution >= 0.6 is 0 Å². The Kier molecular flexibility index (Phi) is 19.2. The molecular formula is C29H49NO8. The number of ether oxygens (including phenoxy) is 3. The molecule has 0 N–H and O–H groups in total. The Labute approximate surface area is 228 Å². The zero-order valence-corrected chi connectivity index (χ0v) is 23.4. The molecule has 0 radical (unpaired) electrons. The molecule has 1 saturated heterocycles. The van der Waals surface area contributed by atoms with Crippen LogP contribution in [0.4, 0.5) is 0 Å². The van der Waals surface area contributed by atoms with Crippen LogP contribution in [-0.4, -0.2) is 73.8 Å². The SMILES string of the molecule is CCCCCCCC(=O)OCCCCCOC(=O)C(CC=O)(CC=O)OC(=O)CCCCCN1CCCC1. The molecule has 0 bridgehead atoms. The van der Waals surface area contributed by atoms with Gasteiger partial charge in [-0.2, -0.15) is 0 Å². The minimum absolute atomic E-state index is 0.0533. The van der Waals surface area contributed by atoms with E-state index in [1.807, 2.05) is 0 Å². The monoisotopic (exact) mass is 539 g/mol. The molecule has 9 nitrogen and oxygen atoms in total. The topological polar surface area (TPSA) is 116 Å². The predicted octanol–water partition coefficient (Wildman–Crippen LogP) is 4.72. The lowest BCUT2D eigenvalue weighted by Crippen LogP contribution is -2.45. The van der Waals surface area contributed by atoms with Crippen LogP contribution in [0.2, 0.25) is 0 Å². The van der Waals surface area contributed by atoms with E-state index in [1.54, 1.807) is 0 Å². The van der Waals surface area contributed by atoms with Crippen LogP contribution in [0.3, 0.4) is 0 Å². The number of aldehydes is 2. The Morgan fingerprint density at radius 1 is 0.711 bits per heavy atom. The molecule has 0 aromatic carbocycles. The molecule has 1 rings (SSSR count). The van der Waals surface area contributed by atoms with Crippen LogP contribution in [-0.2, 0) is 38.2 Å². The molecule has 0 atom stereocenters. The first-order chi connectivity index (χ1) is 18.5. The molecule has 0 unspecified atom stereocenters. The summed E-state index contributed by atoms with van der Waals surface area (Å²) in [6, 6.07) is 0. The van der Waals surface area contributed by atoms with Crippen molar-refractivity contribution in [2.24, 2.45) is 0 Å². The summed E-state index contributed by atoms with van der Waals surface area (Å²) in [6.07, 6.45) is 12.8. The number of hydrogen-bond acceptors (Lipinski definition) is 9. The van der Waals surface area contributed by atoms with Crippen molar-refractivity contribution in [3.63, 3.8) is 0 Å². The van der Waals surface area contributed by atoms with Crippen LogP contribution < -0.4 is 0 Å². The second-order valence-electron chi connectivity index (χ2n) is 10.2. The molecule has 1 heterocycles. The fourth-order valence-electron chi connectivity index (χ4n) is 4.51. The summed E-state index contributed by atoms with van der Waals surface area (Å²) in [5.41, 5.74) is -1.91. The van der Waals surface area contributed by atoms with E-state index in [2.05, 4.69) is 11.8 Å². The van der Waals surface area contributed by atoms with Gasteiger partial charge in [0.15, 0.2) is 0 Å². The highest BCUT2D eigenvalue weighted by Crippen LogP contribution is 2.23. The summed E-state index contributed by atoms with van der Waals surface area (Å²) >= 11 is 0. The van der Waals surface area contributed by atoms with E-state index in [1.165, 1.54) is 25.7 Å². The summed E-state index contributed by atoms with van der Waals surface area (Å²) in [6.45, 7) is 5.81. The first-order valence-electron chi connectivity index (χ1n) is 14.6. The van der Waals surface area contributed by atoms with Crippen LogP contribution in [0.15, 0.2) is 0 Å². The third kappa shape index (κ3) is 15.2. The van der Waals surface area contributed by atoms with Crippen molar-refractivity contribution in [3.05, 3.63) is 0 Å². The summed E-state index contributed by atoms with van der Waals surface area (Å²) in [4.78, 5) is 61.9. The van der Waals surface area contributed by atoms with E-state index in [9.17, 15) is 24.0 Å². The first kappa shape index (κ1) is 33.7. The normalized spacial score (nSPS) is 13.7. The maximum Gasteiger partial charge on any atom is 0.351 e. The van der Waals surface area contributed by atoms with Crippen molar-refractivity contribution in [3.8, 4) is 0 Å². The third-order valence-corrected chi connectivity index (χ3v) is 6.83. The Hall–Kier alpha value is -2.29. The number of rotatable bonds is 24. The fourth-order valence-corrected chi connectivity index (χ4v) is 4.51. The van der Waals surface area contributed by atoms with E-state index in [0.29, 0.717) is 51.3 Å². The first-order valence-corrected chi connectivity index (χ1v) is 14.6. The van der Waals surface area contributed by atoms with Gasteiger partial charge >= 0.3 is 17.9 Å². The summed E-state index contributed by atoms with van der Waals surface area (Å²) in [5.74, 6) is -1.68. The van der Waals surface area contributed by atoms with E-state index >= 15 is 0 Å². The second-order valence-corrected chi connectivity index (χ2v) is 10.2. The van der Waals surface area contributed by atoms with Gasteiger partial charge in [-0.25, -0.2) is 4.79 Å². The lowest BCUT2D eigenvalue weighted by Gasteiger charge is -2.28. The highest BCUT2D eigenvalue weighted by atomic mass is 16.6. The van der Waals surface area contributed by atoms with Gasteiger partial charge in [0.05, 0.1) is 26.1 Å². The number of esters is 3. The molecule has 0 aliphatic carbocycles. The smallest absolute Gasteiger partial charge is 0.351 e. The standard InChI is InChI=1S/C29H49NO8/c1-2-3-4-5-8-15-26(33)36-24-13-7-14-25-37-28(35)29(17-22-31,18-23-32)38-27(34)16-9-6-10-19-30-20-11-12-21-30/h22-23H,2-21,24-25H2,1H3. The Bertz CT molecular complexity index is 680. The van der Waals surface area contributed by atoms with Gasteiger partial charge in [-0.1, -0.05) is 39.0 Å². The van der Waals surface area contributed by atoms with Crippen LogP contribution in [0.25, 0.3) is 0 Å². The van der Waals surface area contributed by atoms with Crippen molar-refractivity contribution in [2.45, 2.75) is 122 Å². The third-order valence-electron chi connectivity index (χ3n) is 6.83. The van der Waals surface area contributed by atoms with Crippen LogP contribution in [0.1, 0.15) is 116 Å². The zero-order chi connectivity index (χ0) is 27.9. The molecule has 1 aliphatic heterocycles. The van der Waals surface area contributed by atoms with Crippen molar-refractivity contribution < 1.29 is 38.2 Å². The molecule has 0 amide bonds. The van der Waals surface area contributed by atoms with Gasteiger partial charge in [-0.3, -0.25) is 9.59 Å². The Balaban J connectivity index is 2.28. The Morgan fingerprint density at radius 2 is 1.26 bits per heavy atom. The average Bonchev–Trinajstić information content (AvgIpc) is 3.41. The van der Waals surface area contributed by atoms with Gasteiger partial charge in [0.2, 0.25) is 5.60 Å². The summed E-state index contributed by atoms with van der Waals surface area (Å²) in [7, 11) is 0. The lowest BCUT2D eigenvalue weighted by molar-refractivity contribution is -0.184. The molecular weight excluding hydrogens is 490 g/mol. The number of unbranched alkanes of at least 4 members (excludes halogenated alkanes) is 8. The van der Waals surface area contributed by atoms with E-state index in [0.717, 1.165) is 51.7 Å². The molecule has 0 aromatic rings. The molecule has 218 valence electrons. The quantitative estimate of drug-likeness (QED) is 0.0743. The molecule has 0 spiro atoms. The zero-order valence-electron chi connectivity index (χ0n) is 23.4. The molecule has 38 heavy (non-hydrogen) atoms. The molecule has 0 saturated carbocycles. The van der Waals surface area contributed by atoms with Gasteiger partial charge in [0.1, 0.15) is 12.6 Å². The van der Waals surface area contributed by atoms with Gasteiger partial charge in [-0.05, 0) is 71.0 Å². The van der Waals surface area contributed by atoms with E-state index in [4.69, 9.17) is 14.2 Å². The highest BCUT2D eigenvalue weighted by molar-refractivity contribution is 5.88. The summed E-state index contributed by atoms with van der Waals surface area (Å²) in [5, 5.41) is 0. The fraction of sp³-hybridized carbons (Fsp3) is 0.828. The van der Waals surface area contributed by atoms with Gasteiger partial charge in [0.25, 0.3) is 0 Å². The van der Waals surface area contributed by atoms with Crippen molar-refractivity contribution in [2.75, 3.05) is 32.8 Å². The maximum absolute atomic E-state index is 12.8. The summed E-state index contributed by atoms with van der Waals surface area (Å²) < 4.78 is 15.9. The minimum Gasteiger partial charge on any atom is -0.466 e. The predicted molar refractivity (Wildman–Crippen MR) is 143 cm³/mol. The van der Waals surface area contributed by atoms with E-state index in [-0.39, 0.29) is 19.0 Å². The van der Waals surface area contributed by atoms with Crippen LogP contribution in [0, 0.1) is 0 Å². The van der Waals surface area contributed by atoms with Crippen LogP contribution in [0.5, 0.6) is 0 Å². The molecule has 1 aliphatic rings. The largest absolute Gasteiger partial charge is 0.466 e. The molecule has 1 fully saturated rings. The van der Waals surface area contributed by atoms with Gasteiger partial charge in [-0.15, -0.1) is 0 Å². The highest BCUT2D eigenvalue weighted by Gasteiger charge is 2.43. The number of carbonyl (C=O) groups is 5. The van der Waals surface area contributed by atoms with Gasteiger partial charge in [0, 0.05) is 12.8 Å². The number of likely N-dealkylation sites (tertiary alicyclic amines) is 1. The minimum atomic E-state index is -1.91. The van der Waals surface area contributed by atoms with Crippen molar-refractivity contribution in [1.82, 2.24) is 4.90 Å². The average molecular weight is 540 g/mol. The number of carbonyl (C=O) groups excluding carboxylic acids is 5. The number of hydrogen-bond donors (Lipinski definition) is 0. The molecule has 9 heteroatoms. The maximum atomic E-state index is 12.8. The number of nitrogens with zero attached hydrogens (tertiary/aromatic N) is 1. The second kappa shape index (κ2) is 21.6. The molecule has 0 aromatic heterocycles. The van der Waals surface area contributed by atoms with Crippen molar-refractivity contribution >= 4 is 30.5 Å². The van der Waals surface area contributed by atoms with Gasteiger partial charge < -0.3 is 28.7 Å². The van der Waals surface area contributed by atoms with Crippen molar-refractivity contribution in [1.29, 1.82) is 0 Å². The van der Waals surface area contributed by atoms with E-state index < -0.39 is 30.4 Å². The lowest BCUT2D eigenvalue weighted by atomic mass is 9.96.